The minimum atomic E-state index is -2.66. The van der Waals surface area contributed by atoms with Crippen molar-refractivity contribution in [1.29, 1.82) is 0 Å². The van der Waals surface area contributed by atoms with E-state index in [-0.39, 0.29) is 0 Å². The fraction of sp³-hybridized carbons (Fsp3) is 0.955. The molecule has 1 aliphatic rings. The second kappa shape index (κ2) is 17.7. The van der Waals surface area contributed by atoms with Crippen molar-refractivity contribution in [2.75, 3.05) is 25.5 Å². The van der Waals surface area contributed by atoms with Gasteiger partial charge in [0.15, 0.2) is 5.12 Å². The summed E-state index contributed by atoms with van der Waals surface area (Å²) in [6, 6.07) is 0.764. The molecule has 5 nitrogen and oxygen atoms in total. The minimum absolute atomic E-state index is 0.325. The molecule has 172 valence electrons. The van der Waals surface area contributed by atoms with Crippen LogP contribution in [0.1, 0.15) is 97.8 Å². The van der Waals surface area contributed by atoms with Gasteiger partial charge >= 0.3 is 8.80 Å². The number of nitrogens with one attached hydrogen (secondary N) is 1. The van der Waals surface area contributed by atoms with Gasteiger partial charge in [-0.2, -0.15) is 0 Å². The Morgan fingerprint density at radius 3 is 2.45 bits per heavy atom. The van der Waals surface area contributed by atoms with Gasteiger partial charge in [0.25, 0.3) is 0 Å². The van der Waals surface area contributed by atoms with E-state index in [2.05, 4.69) is 19.3 Å². The fourth-order valence-electron chi connectivity index (χ4n) is 3.45. The van der Waals surface area contributed by atoms with Crippen molar-refractivity contribution in [1.82, 2.24) is 5.48 Å². The first-order chi connectivity index (χ1) is 14.1. The van der Waals surface area contributed by atoms with Gasteiger partial charge in [-0.25, -0.2) is 5.48 Å². The molecule has 0 amide bonds. The van der Waals surface area contributed by atoms with E-state index in [1.165, 1.54) is 63.1 Å². The molecule has 0 saturated carbocycles. The highest BCUT2D eigenvalue weighted by Gasteiger charge is 2.42. The van der Waals surface area contributed by atoms with Crippen LogP contribution in [0.2, 0.25) is 6.04 Å². The molecule has 0 spiro atoms. The molecular weight excluding hydrogens is 402 g/mol. The van der Waals surface area contributed by atoms with Crippen molar-refractivity contribution >= 4 is 25.7 Å². The van der Waals surface area contributed by atoms with Gasteiger partial charge in [0.1, 0.15) is 0 Å². The van der Waals surface area contributed by atoms with Crippen LogP contribution in [0.4, 0.5) is 0 Å². The summed E-state index contributed by atoms with van der Waals surface area (Å²) in [4.78, 5) is 12.1. The van der Waals surface area contributed by atoms with Crippen molar-refractivity contribution in [3.05, 3.63) is 0 Å². The zero-order valence-electron chi connectivity index (χ0n) is 19.1. The second-order valence-electron chi connectivity index (χ2n) is 8.21. The summed E-state index contributed by atoms with van der Waals surface area (Å²) >= 11 is 1.47. The molecule has 0 bridgehead atoms. The Balaban J connectivity index is 2.08. The maximum Gasteiger partial charge on any atom is 0.517 e. The third-order valence-corrected chi connectivity index (χ3v) is 9.14. The zero-order valence-corrected chi connectivity index (χ0v) is 21.0. The van der Waals surface area contributed by atoms with Gasteiger partial charge in [0.05, 0.1) is 0 Å². The van der Waals surface area contributed by atoms with Crippen molar-refractivity contribution < 1.29 is 18.2 Å². The molecule has 0 aromatic rings. The highest BCUT2D eigenvalue weighted by atomic mass is 32.2. The molecule has 1 rings (SSSR count). The lowest BCUT2D eigenvalue weighted by Gasteiger charge is -2.32. The Morgan fingerprint density at radius 2 is 1.76 bits per heavy atom. The minimum Gasteiger partial charge on any atom is -0.373 e. The number of hydrogen-bond donors (Lipinski definition) is 1. The van der Waals surface area contributed by atoms with E-state index in [1.54, 1.807) is 0 Å². The molecule has 29 heavy (non-hydrogen) atoms. The Labute approximate surface area is 184 Å². The molecule has 1 fully saturated rings. The van der Waals surface area contributed by atoms with Gasteiger partial charge in [-0.3, -0.25) is 9.32 Å². The number of unbranched alkanes of at least 4 members (excludes halogenated alkanes) is 8. The Bertz CT molecular complexity index is 404. The molecule has 0 aromatic heterocycles. The highest BCUT2D eigenvalue weighted by Crippen LogP contribution is 2.22. The second-order valence-corrected chi connectivity index (χ2v) is 12.0. The third kappa shape index (κ3) is 13.9. The van der Waals surface area contributed by atoms with Crippen molar-refractivity contribution in [2.45, 2.75) is 104 Å². The quantitative estimate of drug-likeness (QED) is 0.227. The number of hydrogen-bond acceptors (Lipinski definition) is 6. The summed E-state index contributed by atoms with van der Waals surface area (Å²) in [5.41, 5.74) is 3.06. The summed E-state index contributed by atoms with van der Waals surface area (Å²) < 4.78 is 17.9. The Hall–Kier alpha value is 0.0769. The summed E-state index contributed by atoms with van der Waals surface area (Å²) in [7, 11) is -2.66. The van der Waals surface area contributed by atoms with E-state index in [9.17, 15) is 4.79 Å². The molecular formula is C22H45NO4SSi. The maximum absolute atomic E-state index is 12.1. The standard InChI is InChI=1S/C22H45NO4SSi/c1-4-6-7-8-9-10-11-12-13-15-22(24)28-18-14-19-29(25-5-2)26-17-16-21(3)20-23-27-29/h21,23H,4-20H2,1-3H3. The Morgan fingerprint density at radius 1 is 1.07 bits per heavy atom. The number of thioether (sulfide) groups is 1. The van der Waals surface area contributed by atoms with Crippen molar-refractivity contribution in [3.8, 4) is 0 Å². The molecule has 0 aliphatic carbocycles. The first-order valence-electron chi connectivity index (χ1n) is 12.0. The molecule has 2 unspecified atom stereocenters. The molecule has 1 N–H and O–H groups in total. The summed E-state index contributed by atoms with van der Waals surface area (Å²) in [6.07, 6.45) is 14.2. The SMILES string of the molecule is CCCCCCCCCCCC(=O)SCCC[Si]1(OCC)OCCC(C)CNO1. The fourth-order valence-corrected chi connectivity index (χ4v) is 6.89. The average molecular weight is 448 g/mol. The molecule has 0 radical (unpaired) electrons. The largest absolute Gasteiger partial charge is 0.517 e. The van der Waals surface area contributed by atoms with Crippen LogP contribution in [0.15, 0.2) is 0 Å². The van der Waals surface area contributed by atoms with Crippen molar-refractivity contribution in [2.24, 2.45) is 5.92 Å². The van der Waals surface area contributed by atoms with E-state index in [0.717, 1.165) is 37.6 Å². The predicted octanol–water partition coefficient (Wildman–Crippen LogP) is 6.11. The molecule has 7 heteroatoms. The first-order valence-corrected chi connectivity index (χ1v) is 14.9. The van der Waals surface area contributed by atoms with Gasteiger partial charge in [0, 0.05) is 38.0 Å². The van der Waals surface area contributed by atoms with Crippen LogP contribution in [0.25, 0.3) is 0 Å². The van der Waals surface area contributed by atoms with Crippen LogP contribution in [0.5, 0.6) is 0 Å². The number of carbonyl (C=O) groups is 1. The predicted molar refractivity (Wildman–Crippen MR) is 125 cm³/mol. The van der Waals surface area contributed by atoms with Crippen molar-refractivity contribution in [3.63, 3.8) is 0 Å². The van der Waals surface area contributed by atoms with E-state index >= 15 is 0 Å². The van der Waals surface area contributed by atoms with E-state index < -0.39 is 8.80 Å². The number of rotatable bonds is 16. The van der Waals surface area contributed by atoms with Gasteiger partial charge in [-0.15, -0.1) is 0 Å². The first kappa shape index (κ1) is 27.1. The molecule has 1 heterocycles. The lowest BCUT2D eigenvalue weighted by atomic mass is 10.1. The average Bonchev–Trinajstić information content (AvgIpc) is 2.69. The number of carbonyl (C=O) groups excluding carboxylic acids is 1. The molecule has 1 saturated heterocycles. The van der Waals surface area contributed by atoms with E-state index in [4.69, 9.17) is 13.4 Å². The summed E-state index contributed by atoms with van der Waals surface area (Å²) in [5.74, 6) is 1.36. The lowest BCUT2D eigenvalue weighted by Crippen LogP contribution is -2.51. The van der Waals surface area contributed by atoms with Gasteiger partial charge in [-0.05, 0) is 32.1 Å². The number of hydroxylamine groups is 1. The van der Waals surface area contributed by atoms with E-state index in [1.807, 2.05) is 6.92 Å². The van der Waals surface area contributed by atoms with Gasteiger partial charge in [0.2, 0.25) is 0 Å². The normalized spacial score (nSPS) is 22.9. The maximum atomic E-state index is 12.1. The summed E-state index contributed by atoms with van der Waals surface area (Å²) in [5, 5.41) is 0.325. The monoisotopic (exact) mass is 447 g/mol. The third-order valence-electron chi connectivity index (χ3n) is 5.33. The Kier molecular flexibility index (Phi) is 16.6. The van der Waals surface area contributed by atoms with E-state index in [0.29, 0.717) is 30.7 Å². The smallest absolute Gasteiger partial charge is 0.373 e. The van der Waals surface area contributed by atoms with Crippen LogP contribution in [0, 0.1) is 5.92 Å². The topological polar surface area (TPSA) is 56.8 Å². The van der Waals surface area contributed by atoms with Crippen LogP contribution < -0.4 is 5.48 Å². The van der Waals surface area contributed by atoms with Gasteiger partial charge < -0.3 is 8.85 Å². The van der Waals surface area contributed by atoms with Crippen LogP contribution in [0.3, 0.4) is 0 Å². The molecule has 1 aliphatic heterocycles. The van der Waals surface area contributed by atoms with Crippen LogP contribution in [-0.2, 0) is 18.2 Å². The lowest BCUT2D eigenvalue weighted by molar-refractivity contribution is -0.111. The zero-order chi connectivity index (χ0) is 21.2. The van der Waals surface area contributed by atoms with Crippen LogP contribution >= 0.6 is 11.8 Å². The van der Waals surface area contributed by atoms with Crippen LogP contribution in [-0.4, -0.2) is 39.4 Å². The molecule has 0 aromatic carbocycles. The highest BCUT2D eigenvalue weighted by molar-refractivity contribution is 8.13. The summed E-state index contributed by atoms with van der Waals surface area (Å²) in [6.45, 7) is 8.54. The van der Waals surface area contributed by atoms with Gasteiger partial charge in [-0.1, -0.05) is 77.0 Å². The molecule has 2 atom stereocenters.